The number of nitrogens with one attached hydrogen (secondary N) is 1. The molecule has 1 amide bonds. The first-order valence-corrected chi connectivity index (χ1v) is 6.48. The molecular formula is C14H21N3O. The molecule has 0 radical (unpaired) electrons. The van der Waals surface area contributed by atoms with Crippen molar-refractivity contribution in [2.45, 2.75) is 6.42 Å². The molecule has 0 saturated carbocycles. The number of piperazine rings is 1. The number of nitrogens with zero attached hydrogens (tertiary/aromatic N) is 2. The van der Waals surface area contributed by atoms with Gasteiger partial charge in [0.2, 0.25) is 6.41 Å². The van der Waals surface area contributed by atoms with Crippen molar-refractivity contribution in [3.63, 3.8) is 0 Å². The van der Waals surface area contributed by atoms with Crippen molar-refractivity contribution in [1.82, 2.24) is 9.80 Å². The lowest BCUT2D eigenvalue weighted by atomic mass is 10.1. The van der Waals surface area contributed by atoms with Crippen molar-refractivity contribution in [3.8, 4) is 0 Å². The number of carbonyl (C=O) groups excluding carboxylic acids is 1. The summed E-state index contributed by atoms with van der Waals surface area (Å²) < 4.78 is 0. The van der Waals surface area contributed by atoms with Gasteiger partial charge in [-0.1, -0.05) is 12.1 Å². The van der Waals surface area contributed by atoms with Crippen molar-refractivity contribution < 1.29 is 4.79 Å². The van der Waals surface area contributed by atoms with Gasteiger partial charge in [-0.2, -0.15) is 0 Å². The lowest BCUT2D eigenvalue weighted by Gasteiger charge is -2.32. The number of benzene rings is 1. The summed E-state index contributed by atoms with van der Waals surface area (Å²) in [6.07, 6.45) is 1.78. The molecular weight excluding hydrogens is 226 g/mol. The molecule has 0 aliphatic carbocycles. The first-order chi connectivity index (χ1) is 8.78. The summed E-state index contributed by atoms with van der Waals surface area (Å²) in [4.78, 5) is 15.2. The van der Waals surface area contributed by atoms with Crippen LogP contribution in [0.5, 0.6) is 0 Å². The van der Waals surface area contributed by atoms with Gasteiger partial charge in [-0.3, -0.25) is 4.79 Å². The number of amides is 1. The highest BCUT2D eigenvalue weighted by Gasteiger charge is 2.12. The topological polar surface area (TPSA) is 35.6 Å². The first kappa shape index (κ1) is 13.1. The molecule has 0 bridgehead atoms. The van der Waals surface area contributed by atoms with E-state index in [1.165, 1.54) is 31.7 Å². The molecule has 1 fully saturated rings. The van der Waals surface area contributed by atoms with Gasteiger partial charge in [-0.05, 0) is 31.2 Å². The van der Waals surface area contributed by atoms with Gasteiger partial charge in [0, 0.05) is 38.4 Å². The van der Waals surface area contributed by atoms with Crippen molar-refractivity contribution in [2.24, 2.45) is 0 Å². The fourth-order valence-electron chi connectivity index (χ4n) is 2.19. The van der Waals surface area contributed by atoms with Crippen molar-refractivity contribution >= 4 is 12.1 Å². The normalized spacial score (nSPS) is 17.6. The molecule has 1 aromatic carbocycles. The second-order valence-corrected chi connectivity index (χ2v) is 4.85. The Kier molecular flexibility index (Phi) is 4.73. The fourth-order valence-corrected chi connectivity index (χ4v) is 2.19. The standard InChI is InChI=1S/C14H21N3O/c1-16-8-10-17(11-9-16)7-6-13-2-4-14(5-3-13)15-12-18/h2-5,12H,6-11H2,1H3,(H,15,18). The Morgan fingerprint density at radius 3 is 2.44 bits per heavy atom. The van der Waals surface area contributed by atoms with Crippen LogP contribution in [0.1, 0.15) is 5.56 Å². The van der Waals surface area contributed by atoms with Gasteiger partial charge in [-0.25, -0.2) is 0 Å². The van der Waals surface area contributed by atoms with E-state index in [-0.39, 0.29) is 0 Å². The van der Waals surface area contributed by atoms with E-state index in [2.05, 4.69) is 34.3 Å². The molecule has 1 saturated heterocycles. The Morgan fingerprint density at radius 1 is 1.17 bits per heavy atom. The van der Waals surface area contributed by atoms with Crippen molar-refractivity contribution in [1.29, 1.82) is 0 Å². The smallest absolute Gasteiger partial charge is 0.211 e. The number of likely N-dealkylation sites (N-methyl/N-ethyl adjacent to an activating group) is 1. The van der Waals surface area contributed by atoms with Crippen LogP contribution in [0.15, 0.2) is 24.3 Å². The van der Waals surface area contributed by atoms with Crippen LogP contribution in [0, 0.1) is 0 Å². The molecule has 98 valence electrons. The molecule has 4 nitrogen and oxygen atoms in total. The molecule has 18 heavy (non-hydrogen) atoms. The summed E-state index contributed by atoms with van der Waals surface area (Å²) in [6.45, 7) is 5.79. The Labute approximate surface area is 109 Å². The summed E-state index contributed by atoms with van der Waals surface area (Å²) in [5.41, 5.74) is 2.18. The Morgan fingerprint density at radius 2 is 1.83 bits per heavy atom. The van der Waals surface area contributed by atoms with E-state index in [0.717, 1.165) is 18.7 Å². The highest BCUT2D eigenvalue weighted by atomic mass is 16.1. The Bertz CT molecular complexity index is 369. The molecule has 0 atom stereocenters. The van der Waals surface area contributed by atoms with Crippen molar-refractivity contribution in [2.75, 3.05) is 45.1 Å². The van der Waals surface area contributed by atoms with E-state index >= 15 is 0 Å². The highest BCUT2D eigenvalue weighted by Crippen LogP contribution is 2.10. The molecule has 1 aliphatic rings. The van der Waals surface area contributed by atoms with Crippen LogP contribution < -0.4 is 5.32 Å². The Balaban J connectivity index is 1.77. The predicted octanol–water partition coefficient (Wildman–Crippen LogP) is 1.04. The van der Waals surface area contributed by atoms with Gasteiger partial charge in [0.05, 0.1) is 0 Å². The molecule has 2 rings (SSSR count). The maximum absolute atomic E-state index is 10.3. The molecule has 1 N–H and O–H groups in total. The number of hydrogen-bond donors (Lipinski definition) is 1. The molecule has 0 aromatic heterocycles. The van der Waals surface area contributed by atoms with E-state index < -0.39 is 0 Å². The van der Waals surface area contributed by atoms with Crippen LogP contribution in [0.4, 0.5) is 5.69 Å². The quantitative estimate of drug-likeness (QED) is 0.790. The lowest BCUT2D eigenvalue weighted by molar-refractivity contribution is -0.105. The summed E-state index contributed by atoms with van der Waals surface area (Å²) in [5.74, 6) is 0. The van der Waals surface area contributed by atoms with Gasteiger partial charge in [0.25, 0.3) is 0 Å². The molecule has 1 heterocycles. The second-order valence-electron chi connectivity index (χ2n) is 4.85. The fraction of sp³-hybridized carbons (Fsp3) is 0.500. The number of hydrogen-bond acceptors (Lipinski definition) is 3. The minimum Gasteiger partial charge on any atom is -0.329 e. The summed E-state index contributed by atoms with van der Waals surface area (Å²) in [6, 6.07) is 8.07. The first-order valence-electron chi connectivity index (χ1n) is 6.48. The minimum atomic E-state index is 0.708. The van der Waals surface area contributed by atoms with Crippen LogP contribution in [-0.4, -0.2) is 56.0 Å². The van der Waals surface area contributed by atoms with Gasteiger partial charge < -0.3 is 15.1 Å². The maximum Gasteiger partial charge on any atom is 0.211 e. The highest BCUT2D eigenvalue weighted by molar-refractivity contribution is 5.70. The van der Waals surface area contributed by atoms with Gasteiger partial charge in [-0.15, -0.1) is 0 Å². The van der Waals surface area contributed by atoms with Crippen LogP contribution in [0.3, 0.4) is 0 Å². The molecule has 1 aromatic rings. The third-order valence-corrected chi connectivity index (χ3v) is 3.49. The summed E-state index contributed by atoms with van der Waals surface area (Å²) in [5, 5.41) is 2.65. The SMILES string of the molecule is CN1CCN(CCc2ccc(NC=O)cc2)CC1. The van der Waals surface area contributed by atoms with Crippen LogP contribution >= 0.6 is 0 Å². The lowest BCUT2D eigenvalue weighted by Crippen LogP contribution is -2.45. The number of rotatable bonds is 5. The second kappa shape index (κ2) is 6.52. The average molecular weight is 247 g/mol. The van der Waals surface area contributed by atoms with Gasteiger partial charge in [0.1, 0.15) is 0 Å². The molecule has 0 spiro atoms. The van der Waals surface area contributed by atoms with E-state index in [0.29, 0.717) is 6.41 Å². The largest absolute Gasteiger partial charge is 0.329 e. The zero-order valence-corrected chi connectivity index (χ0v) is 10.9. The molecule has 1 aliphatic heterocycles. The van der Waals surface area contributed by atoms with Crippen LogP contribution in [0.2, 0.25) is 0 Å². The van der Waals surface area contributed by atoms with Crippen LogP contribution in [-0.2, 0) is 11.2 Å². The van der Waals surface area contributed by atoms with E-state index in [9.17, 15) is 4.79 Å². The summed E-state index contributed by atoms with van der Waals surface area (Å²) >= 11 is 0. The maximum atomic E-state index is 10.3. The van der Waals surface area contributed by atoms with E-state index in [1.807, 2.05) is 12.1 Å². The Hall–Kier alpha value is -1.39. The molecule has 4 heteroatoms. The average Bonchev–Trinajstić information content (AvgIpc) is 2.40. The number of anilines is 1. The van der Waals surface area contributed by atoms with Gasteiger partial charge >= 0.3 is 0 Å². The third-order valence-electron chi connectivity index (χ3n) is 3.49. The number of carbonyl (C=O) groups is 1. The van der Waals surface area contributed by atoms with E-state index in [1.54, 1.807) is 0 Å². The predicted molar refractivity (Wildman–Crippen MR) is 73.8 cm³/mol. The van der Waals surface area contributed by atoms with Crippen LogP contribution in [0.25, 0.3) is 0 Å². The zero-order chi connectivity index (χ0) is 12.8. The van der Waals surface area contributed by atoms with E-state index in [4.69, 9.17) is 0 Å². The van der Waals surface area contributed by atoms with Crippen molar-refractivity contribution in [3.05, 3.63) is 29.8 Å². The monoisotopic (exact) mass is 247 g/mol. The third kappa shape index (κ3) is 3.82. The molecule has 0 unspecified atom stereocenters. The zero-order valence-electron chi connectivity index (χ0n) is 10.9. The van der Waals surface area contributed by atoms with Gasteiger partial charge in [0.15, 0.2) is 0 Å². The summed E-state index contributed by atoms with van der Waals surface area (Å²) in [7, 11) is 2.18. The minimum absolute atomic E-state index is 0.708.